The molecule has 2 saturated heterocycles. The number of benzene rings is 1. The Bertz CT molecular complexity index is 475. The molecule has 0 aromatic heterocycles. The minimum absolute atomic E-state index is 0.714. The summed E-state index contributed by atoms with van der Waals surface area (Å²) in [4.78, 5) is 5.00. The van der Waals surface area contributed by atoms with Gasteiger partial charge < -0.3 is 15.1 Å². The molecule has 0 aliphatic carbocycles. The van der Waals surface area contributed by atoms with Gasteiger partial charge in [-0.2, -0.15) is 0 Å². The highest BCUT2D eigenvalue weighted by Gasteiger charge is 2.40. The average Bonchev–Trinajstić information content (AvgIpc) is 2.36. The van der Waals surface area contributed by atoms with E-state index in [1.165, 1.54) is 15.7 Å². The summed E-state index contributed by atoms with van der Waals surface area (Å²) < 4.78 is 1.23. The number of rotatable bonds is 2. The molecule has 3 nitrogen and oxygen atoms in total. The van der Waals surface area contributed by atoms with E-state index < -0.39 is 0 Å². The molecule has 2 aliphatic heterocycles. The Hall–Kier alpha value is -0.580. The maximum atomic E-state index is 3.74. The third kappa shape index (κ3) is 2.61. The first-order valence-corrected chi connectivity index (χ1v) is 8.24. The SMILES string of the molecule is Cc1ccc(N2CC3CNCC(C2)C3N(C)C)c(Br)c1. The standard InChI is InChI=1S/C16H24BrN3/c1-11-4-5-15(14(17)6-11)20-9-12-7-18-8-13(10-20)16(12)19(2)3/h4-6,12-13,16,18H,7-10H2,1-3H3. The molecule has 1 aromatic rings. The summed E-state index contributed by atoms with van der Waals surface area (Å²) in [6.07, 6.45) is 0. The van der Waals surface area contributed by atoms with Crippen LogP contribution in [0.5, 0.6) is 0 Å². The minimum Gasteiger partial charge on any atom is -0.370 e. The minimum atomic E-state index is 0.714. The smallest absolute Gasteiger partial charge is 0.0511 e. The van der Waals surface area contributed by atoms with E-state index in [-0.39, 0.29) is 0 Å². The summed E-state index contributed by atoms with van der Waals surface area (Å²) in [5.74, 6) is 1.43. The van der Waals surface area contributed by atoms with E-state index in [1.807, 2.05) is 0 Å². The Kier molecular flexibility index (Phi) is 4.07. The van der Waals surface area contributed by atoms with Crippen molar-refractivity contribution in [2.75, 3.05) is 45.2 Å². The molecule has 4 heteroatoms. The Morgan fingerprint density at radius 2 is 1.85 bits per heavy atom. The van der Waals surface area contributed by atoms with E-state index in [0.717, 1.165) is 32.2 Å². The molecule has 0 radical (unpaired) electrons. The van der Waals surface area contributed by atoms with Crippen molar-refractivity contribution in [1.82, 2.24) is 10.2 Å². The van der Waals surface area contributed by atoms with Gasteiger partial charge in [0, 0.05) is 48.5 Å². The highest BCUT2D eigenvalue weighted by atomic mass is 79.9. The van der Waals surface area contributed by atoms with Crippen LogP contribution in [0.1, 0.15) is 5.56 Å². The lowest BCUT2D eigenvalue weighted by molar-refractivity contribution is 0.0895. The zero-order valence-corrected chi connectivity index (χ0v) is 14.2. The predicted octanol–water partition coefficient (Wildman–Crippen LogP) is 2.34. The number of hydrogen-bond acceptors (Lipinski definition) is 3. The quantitative estimate of drug-likeness (QED) is 0.893. The van der Waals surface area contributed by atoms with E-state index in [0.29, 0.717) is 11.8 Å². The summed E-state index contributed by atoms with van der Waals surface area (Å²) >= 11 is 3.74. The first-order chi connectivity index (χ1) is 9.56. The molecule has 0 amide bonds. The molecule has 0 saturated carbocycles. The highest BCUT2D eigenvalue weighted by molar-refractivity contribution is 9.10. The number of nitrogens with one attached hydrogen (secondary N) is 1. The molecule has 0 spiro atoms. The number of fused-ring (bicyclic) bond motifs is 2. The highest BCUT2D eigenvalue weighted by Crippen LogP contribution is 2.35. The van der Waals surface area contributed by atoms with Crippen molar-refractivity contribution in [3.63, 3.8) is 0 Å². The van der Waals surface area contributed by atoms with Gasteiger partial charge in [0.15, 0.2) is 0 Å². The molecular weight excluding hydrogens is 314 g/mol. The summed E-state index contributed by atoms with van der Waals surface area (Å²) in [6, 6.07) is 7.42. The van der Waals surface area contributed by atoms with Gasteiger partial charge in [-0.25, -0.2) is 0 Å². The molecule has 2 unspecified atom stereocenters. The van der Waals surface area contributed by atoms with Crippen LogP contribution in [0.15, 0.2) is 22.7 Å². The van der Waals surface area contributed by atoms with Gasteiger partial charge in [-0.1, -0.05) is 6.07 Å². The molecule has 2 aliphatic rings. The number of halogens is 1. The van der Waals surface area contributed by atoms with Gasteiger partial charge in [-0.3, -0.25) is 0 Å². The number of nitrogens with zero attached hydrogens (tertiary/aromatic N) is 2. The Balaban J connectivity index is 1.84. The number of aryl methyl sites for hydroxylation is 1. The zero-order valence-electron chi connectivity index (χ0n) is 12.6. The van der Waals surface area contributed by atoms with Crippen LogP contribution in [-0.4, -0.2) is 51.2 Å². The van der Waals surface area contributed by atoms with Gasteiger partial charge in [-0.05, 0) is 54.6 Å². The second-order valence-corrected chi connectivity index (χ2v) is 7.35. The number of piperidine rings is 2. The van der Waals surface area contributed by atoms with Crippen LogP contribution in [0.4, 0.5) is 5.69 Å². The van der Waals surface area contributed by atoms with Crippen LogP contribution in [0.2, 0.25) is 0 Å². The van der Waals surface area contributed by atoms with Crippen molar-refractivity contribution in [3.8, 4) is 0 Å². The van der Waals surface area contributed by atoms with Gasteiger partial charge in [0.2, 0.25) is 0 Å². The fourth-order valence-electron chi connectivity index (χ4n) is 3.97. The van der Waals surface area contributed by atoms with Crippen molar-refractivity contribution < 1.29 is 0 Å². The summed E-state index contributed by atoms with van der Waals surface area (Å²) in [7, 11) is 4.46. The molecule has 2 heterocycles. The monoisotopic (exact) mass is 337 g/mol. The first-order valence-electron chi connectivity index (χ1n) is 7.44. The lowest BCUT2D eigenvalue weighted by Gasteiger charge is -2.51. The molecule has 110 valence electrons. The number of hydrogen-bond donors (Lipinski definition) is 1. The van der Waals surface area contributed by atoms with Crippen LogP contribution in [-0.2, 0) is 0 Å². The van der Waals surface area contributed by atoms with Crippen LogP contribution in [0.3, 0.4) is 0 Å². The summed E-state index contributed by atoms with van der Waals surface area (Å²) in [5, 5.41) is 3.60. The van der Waals surface area contributed by atoms with Crippen molar-refractivity contribution in [3.05, 3.63) is 28.2 Å². The van der Waals surface area contributed by atoms with Crippen LogP contribution in [0.25, 0.3) is 0 Å². The predicted molar refractivity (Wildman–Crippen MR) is 88.4 cm³/mol. The third-order valence-electron chi connectivity index (χ3n) is 4.73. The largest absolute Gasteiger partial charge is 0.370 e. The summed E-state index contributed by atoms with van der Waals surface area (Å²) in [5.41, 5.74) is 2.66. The van der Waals surface area contributed by atoms with Gasteiger partial charge in [0.25, 0.3) is 0 Å². The van der Waals surface area contributed by atoms with E-state index in [9.17, 15) is 0 Å². The van der Waals surface area contributed by atoms with Crippen molar-refractivity contribution in [2.24, 2.45) is 11.8 Å². The molecule has 2 bridgehead atoms. The molecule has 1 N–H and O–H groups in total. The topological polar surface area (TPSA) is 18.5 Å². The Morgan fingerprint density at radius 3 is 2.40 bits per heavy atom. The molecule has 1 aromatic carbocycles. The molecular formula is C16H24BrN3. The Morgan fingerprint density at radius 1 is 1.20 bits per heavy atom. The second-order valence-electron chi connectivity index (χ2n) is 6.49. The van der Waals surface area contributed by atoms with Crippen LogP contribution in [0, 0.1) is 18.8 Å². The fraction of sp³-hybridized carbons (Fsp3) is 0.625. The van der Waals surface area contributed by atoms with Gasteiger partial charge in [0.05, 0.1) is 5.69 Å². The molecule has 2 atom stereocenters. The lowest BCUT2D eigenvalue weighted by atomic mass is 9.79. The first kappa shape index (κ1) is 14.4. The van der Waals surface area contributed by atoms with Gasteiger partial charge in [-0.15, -0.1) is 0 Å². The van der Waals surface area contributed by atoms with E-state index in [1.54, 1.807) is 0 Å². The zero-order chi connectivity index (χ0) is 14.3. The maximum Gasteiger partial charge on any atom is 0.0511 e. The normalized spacial score (nSPS) is 29.9. The van der Waals surface area contributed by atoms with E-state index in [2.05, 4.69) is 70.3 Å². The second kappa shape index (κ2) is 5.66. The van der Waals surface area contributed by atoms with Crippen molar-refractivity contribution >= 4 is 21.6 Å². The molecule has 20 heavy (non-hydrogen) atoms. The number of anilines is 1. The average molecular weight is 338 g/mol. The summed E-state index contributed by atoms with van der Waals surface area (Å²) in [6.45, 7) is 6.71. The van der Waals surface area contributed by atoms with E-state index in [4.69, 9.17) is 0 Å². The van der Waals surface area contributed by atoms with E-state index >= 15 is 0 Å². The molecule has 2 fully saturated rings. The van der Waals surface area contributed by atoms with Gasteiger partial charge >= 0.3 is 0 Å². The lowest BCUT2D eigenvalue weighted by Crippen LogP contribution is -2.63. The third-order valence-corrected chi connectivity index (χ3v) is 5.36. The van der Waals surface area contributed by atoms with Crippen molar-refractivity contribution in [1.29, 1.82) is 0 Å². The van der Waals surface area contributed by atoms with Crippen LogP contribution < -0.4 is 10.2 Å². The Labute approximate surface area is 130 Å². The van der Waals surface area contributed by atoms with Crippen molar-refractivity contribution in [2.45, 2.75) is 13.0 Å². The molecule has 3 rings (SSSR count). The maximum absolute atomic E-state index is 3.74. The van der Waals surface area contributed by atoms with Crippen LogP contribution >= 0.6 is 15.9 Å². The van der Waals surface area contributed by atoms with Gasteiger partial charge in [0.1, 0.15) is 0 Å². The fourth-order valence-corrected chi connectivity index (χ4v) is 4.72.